The summed E-state index contributed by atoms with van der Waals surface area (Å²) in [7, 11) is 2.16. The zero-order valence-corrected chi connectivity index (χ0v) is 11.2. The van der Waals surface area contributed by atoms with Gasteiger partial charge >= 0.3 is 0 Å². The maximum absolute atomic E-state index is 11.8. The molecule has 0 saturated carbocycles. The number of hydrogen-bond acceptors (Lipinski definition) is 3. The van der Waals surface area contributed by atoms with Crippen LogP contribution >= 0.6 is 0 Å². The van der Waals surface area contributed by atoms with Crippen LogP contribution in [0, 0.1) is 11.8 Å². The number of nitrogens with zero attached hydrogens (tertiary/aromatic N) is 1. The number of carbonyl (C=O) groups is 1. The van der Waals surface area contributed by atoms with Crippen molar-refractivity contribution >= 4 is 5.91 Å². The first kappa shape index (κ1) is 14.5. The van der Waals surface area contributed by atoms with Crippen LogP contribution in [0.4, 0.5) is 0 Å². The van der Waals surface area contributed by atoms with Gasteiger partial charge in [-0.3, -0.25) is 4.79 Å². The quantitative estimate of drug-likeness (QED) is 0.724. The van der Waals surface area contributed by atoms with E-state index in [-0.39, 0.29) is 11.8 Å². The van der Waals surface area contributed by atoms with E-state index in [1.165, 1.54) is 12.8 Å². The Morgan fingerprint density at radius 1 is 1.47 bits per heavy atom. The van der Waals surface area contributed by atoms with E-state index in [1.807, 2.05) is 6.92 Å². The lowest BCUT2D eigenvalue weighted by Crippen LogP contribution is -2.38. The second kappa shape index (κ2) is 7.67. The predicted molar refractivity (Wildman–Crippen MR) is 70.7 cm³/mol. The second-order valence-corrected chi connectivity index (χ2v) is 5.32. The zero-order chi connectivity index (χ0) is 12.7. The molecule has 4 heteroatoms. The van der Waals surface area contributed by atoms with E-state index in [2.05, 4.69) is 17.3 Å². The lowest BCUT2D eigenvalue weighted by atomic mass is 9.96. The summed E-state index contributed by atoms with van der Waals surface area (Å²) in [6, 6.07) is 0. The Kier molecular flexibility index (Phi) is 6.52. The number of rotatable bonds is 6. The smallest absolute Gasteiger partial charge is 0.222 e. The van der Waals surface area contributed by atoms with Gasteiger partial charge in [0.25, 0.3) is 0 Å². The van der Waals surface area contributed by atoms with Gasteiger partial charge in [0.2, 0.25) is 5.91 Å². The van der Waals surface area contributed by atoms with Gasteiger partial charge in [0.05, 0.1) is 0 Å². The summed E-state index contributed by atoms with van der Waals surface area (Å²) in [6.45, 7) is 5.82. The molecule has 1 saturated heterocycles. The molecule has 1 unspecified atom stereocenters. The van der Waals surface area contributed by atoms with E-state index in [0.717, 1.165) is 32.5 Å². The highest BCUT2D eigenvalue weighted by molar-refractivity contribution is 5.78. The van der Waals surface area contributed by atoms with Crippen LogP contribution in [0.15, 0.2) is 0 Å². The van der Waals surface area contributed by atoms with Crippen LogP contribution < -0.4 is 11.1 Å². The van der Waals surface area contributed by atoms with Gasteiger partial charge in [0.1, 0.15) is 0 Å². The zero-order valence-electron chi connectivity index (χ0n) is 11.2. The van der Waals surface area contributed by atoms with E-state index in [4.69, 9.17) is 5.73 Å². The highest BCUT2D eigenvalue weighted by atomic mass is 16.1. The Morgan fingerprint density at radius 2 is 2.12 bits per heavy atom. The first-order valence-electron chi connectivity index (χ1n) is 6.79. The van der Waals surface area contributed by atoms with Gasteiger partial charge in [0.15, 0.2) is 0 Å². The van der Waals surface area contributed by atoms with Gasteiger partial charge in [-0.15, -0.1) is 0 Å². The third kappa shape index (κ3) is 5.50. The number of hydrogen-bond donors (Lipinski definition) is 2. The van der Waals surface area contributed by atoms with Crippen molar-refractivity contribution in [2.75, 3.05) is 33.2 Å². The van der Waals surface area contributed by atoms with E-state index < -0.39 is 0 Å². The predicted octanol–water partition coefficient (Wildman–Crippen LogP) is 0.819. The molecule has 0 bridgehead atoms. The summed E-state index contributed by atoms with van der Waals surface area (Å²) >= 11 is 0. The normalized spacial score (nSPS) is 20.2. The molecule has 1 amide bonds. The maximum Gasteiger partial charge on any atom is 0.222 e. The average Bonchev–Trinajstić information content (AvgIpc) is 2.34. The Labute approximate surface area is 105 Å². The molecule has 1 heterocycles. The van der Waals surface area contributed by atoms with E-state index in [1.54, 1.807) is 0 Å². The minimum Gasteiger partial charge on any atom is -0.356 e. The third-order valence-corrected chi connectivity index (χ3v) is 3.69. The summed E-state index contributed by atoms with van der Waals surface area (Å²) in [6.07, 6.45) is 4.24. The SMILES string of the molecule is CC(CCCN)C(=O)NCC1CCN(C)CC1. The van der Waals surface area contributed by atoms with Crippen molar-refractivity contribution in [1.29, 1.82) is 0 Å². The number of carbonyl (C=O) groups excluding carboxylic acids is 1. The van der Waals surface area contributed by atoms with Crippen molar-refractivity contribution < 1.29 is 4.79 Å². The summed E-state index contributed by atoms with van der Waals surface area (Å²) in [4.78, 5) is 14.1. The lowest BCUT2D eigenvalue weighted by Gasteiger charge is -2.29. The van der Waals surface area contributed by atoms with Gasteiger partial charge in [-0.05, 0) is 58.3 Å². The number of piperidine rings is 1. The summed E-state index contributed by atoms with van der Waals surface area (Å²) in [5, 5.41) is 3.08. The topological polar surface area (TPSA) is 58.4 Å². The highest BCUT2D eigenvalue weighted by Crippen LogP contribution is 2.15. The largest absolute Gasteiger partial charge is 0.356 e. The van der Waals surface area contributed by atoms with Crippen molar-refractivity contribution in [3.63, 3.8) is 0 Å². The fraction of sp³-hybridized carbons (Fsp3) is 0.923. The number of likely N-dealkylation sites (tertiary alicyclic amines) is 1. The van der Waals surface area contributed by atoms with Crippen molar-refractivity contribution in [3.8, 4) is 0 Å². The fourth-order valence-corrected chi connectivity index (χ4v) is 2.24. The van der Waals surface area contributed by atoms with Crippen LogP contribution in [0.3, 0.4) is 0 Å². The molecular weight excluding hydrogens is 214 g/mol. The molecular formula is C13H27N3O. The van der Waals surface area contributed by atoms with E-state index in [9.17, 15) is 4.79 Å². The number of nitrogens with one attached hydrogen (secondary N) is 1. The Bertz CT molecular complexity index is 225. The minimum absolute atomic E-state index is 0.102. The minimum atomic E-state index is 0.102. The second-order valence-electron chi connectivity index (χ2n) is 5.32. The molecule has 0 aromatic carbocycles. The number of amides is 1. The van der Waals surface area contributed by atoms with Gasteiger partial charge in [-0.1, -0.05) is 6.92 Å². The van der Waals surface area contributed by atoms with E-state index >= 15 is 0 Å². The fourth-order valence-electron chi connectivity index (χ4n) is 2.24. The highest BCUT2D eigenvalue weighted by Gasteiger charge is 2.18. The molecule has 0 radical (unpaired) electrons. The molecule has 1 rings (SSSR count). The maximum atomic E-state index is 11.8. The van der Waals surface area contributed by atoms with Crippen molar-refractivity contribution in [1.82, 2.24) is 10.2 Å². The molecule has 100 valence electrons. The van der Waals surface area contributed by atoms with Gasteiger partial charge < -0.3 is 16.0 Å². The van der Waals surface area contributed by atoms with Crippen molar-refractivity contribution in [2.45, 2.75) is 32.6 Å². The summed E-state index contributed by atoms with van der Waals surface area (Å²) in [5.41, 5.74) is 5.44. The molecule has 0 spiro atoms. The molecule has 1 fully saturated rings. The van der Waals surface area contributed by atoms with Crippen LogP contribution in [-0.4, -0.2) is 44.0 Å². The van der Waals surface area contributed by atoms with Crippen molar-refractivity contribution in [2.24, 2.45) is 17.6 Å². The molecule has 4 nitrogen and oxygen atoms in total. The van der Waals surface area contributed by atoms with Gasteiger partial charge in [-0.2, -0.15) is 0 Å². The average molecular weight is 241 g/mol. The number of nitrogens with two attached hydrogens (primary N) is 1. The molecule has 0 aliphatic carbocycles. The molecule has 1 aliphatic rings. The first-order valence-corrected chi connectivity index (χ1v) is 6.79. The molecule has 1 atom stereocenters. The monoisotopic (exact) mass is 241 g/mol. The van der Waals surface area contributed by atoms with Crippen molar-refractivity contribution in [3.05, 3.63) is 0 Å². The Balaban J connectivity index is 2.14. The van der Waals surface area contributed by atoms with Gasteiger partial charge in [0, 0.05) is 12.5 Å². The molecule has 0 aromatic heterocycles. The lowest BCUT2D eigenvalue weighted by molar-refractivity contribution is -0.124. The molecule has 1 aliphatic heterocycles. The van der Waals surface area contributed by atoms with Crippen LogP contribution in [-0.2, 0) is 4.79 Å². The van der Waals surface area contributed by atoms with Crippen LogP contribution in [0.25, 0.3) is 0 Å². The summed E-state index contributed by atoms with van der Waals surface area (Å²) in [5.74, 6) is 0.957. The Morgan fingerprint density at radius 3 is 2.71 bits per heavy atom. The third-order valence-electron chi connectivity index (χ3n) is 3.69. The molecule has 0 aromatic rings. The standard InChI is InChI=1S/C13H27N3O/c1-11(4-3-7-14)13(17)15-10-12-5-8-16(2)9-6-12/h11-12H,3-10,14H2,1-2H3,(H,15,17). The van der Waals surface area contributed by atoms with Crippen LogP contribution in [0.5, 0.6) is 0 Å². The molecule has 3 N–H and O–H groups in total. The van der Waals surface area contributed by atoms with E-state index in [0.29, 0.717) is 12.5 Å². The first-order chi connectivity index (χ1) is 8.13. The van der Waals surface area contributed by atoms with Crippen LogP contribution in [0.2, 0.25) is 0 Å². The summed E-state index contributed by atoms with van der Waals surface area (Å²) < 4.78 is 0. The molecule has 17 heavy (non-hydrogen) atoms. The van der Waals surface area contributed by atoms with Crippen LogP contribution in [0.1, 0.15) is 32.6 Å². The Hall–Kier alpha value is -0.610. The van der Waals surface area contributed by atoms with Gasteiger partial charge in [-0.25, -0.2) is 0 Å².